The average molecular weight is 427 g/mol. The van der Waals surface area contributed by atoms with Gasteiger partial charge in [0.1, 0.15) is 6.54 Å². The fraction of sp³-hybridized carbons (Fsp3) is 0.640. The minimum Gasteiger partial charge on any atom is -0.451 e. The van der Waals surface area contributed by atoms with Gasteiger partial charge in [-0.05, 0) is 93.6 Å². The topological polar surface area (TPSA) is 84.5 Å². The summed E-state index contributed by atoms with van der Waals surface area (Å²) >= 11 is 0. The molecule has 0 spiro atoms. The highest BCUT2D eigenvalue weighted by Gasteiger charge is 2.51. The summed E-state index contributed by atoms with van der Waals surface area (Å²) in [6.45, 7) is 5.17. The summed E-state index contributed by atoms with van der Waals surface area (Å²) in [4.78, 5) is 37.2. The third-order valence-corrected chi connectivity index (χ3v) is 7.54. The molecule has 6 nitrogen and oxygen atoms in total. The number of carbonyl (C=O) groups is 3. The zero-order valence-electron chi connectivity index (χ0n) is 18.8. The Morgan fingerprint density at radius 2 is 1.58 bits per heavy atom. The highest BCUT2D eigenvalue weighted by atomic mass is 16.5. The zero-order valence-corrected chi connectivity index (χ0v) is 18.8. The van der Waals surface area contributed by atoms with Gasteiger partial charge in [-0.25, -0.2) is 0 Å². The van der Waals surface area contributed by atoms with Gasteiger partial charge in [0.2, 0.25) is 5.91 Å². The molecule has 2 N–H and O–H groups in total. The van der Waals surface area contributed by atoms with Gasteiger partial charge >= 0.3 is 5.97 Å². The monoisotopic (exact) mass is 426 g/mol. The van der Waals surface area contributed by atoms with Crippen LogP contribution in [0.2, 0.25) is 0 Å². The van der Waals surface area contributed by atoms with Crippen LogP contribution < -0.4 is 10.6 Å². The lowest BCUT2D eigenvalue weighted by Gasteiger charge is -2.56. The molecule has 4 bridgehead atoms. The number of hydrogen-bond acceptors (Lipinski definition) is 4. The quantitative estimate of drug-likeness (QED) is 0.648. The average Bonchev–Trinajstić information content (AvgIpc) is 2.67. The molecule has 1 atom stereocenters. The second kappa shape index (κ2) is 8.64. The number of esters is 1. The summed E-state index contributed by atoms with van der Waals surface area (Å²) < 4.78 is 5.24. The first-order valence-electron chi connectivity index (χ1n) is 11.6. The van der Waals surface area contributed by atoms with E-state index in [1.54, 1.807) is 0 Å². The van der Waals surface area contributed by atoms with Crippen molar-refractivity contribution in [2.45, 2.75) is 71.8 Å². The molecule has 4 fully saturated rings. The van der Waals surface area contributed by atoms with E-state index in [0.29, 0.717) is 6.42 Å². The summed E-state index contributed by atoms with van der Waals surface area (Å²) in [7, 11) is 0. The van der Waals surface area contributed by atoms with Gasteiger partial charge in [0.15, 0.2) is 6.10 Å². The van der Waals surface area contributed by atoms with Crippen LogP contribution in [0, 0.1) is 37.0 Å². The number of para-hydroxylation sites is 1. The fourth-order valence-electron chi connectivity index (χ4n) is 6.61. The van der Waals surface area contributed by atoms with E-state index in [9.17, 15) is 14.4 Å². The first kappa shape index (κ1) is 21.8. The molecule has 0 radical (unpaired) electrons. The van der Waals surface area contributed by atoms with Crippen molar-refractivity contribution >= 4 is 23.5 Å². The Morgan fingerprint density at radius 1 is 1.03 bits per heavy atom. The van der Waals surface area contributed by atoms with Crippen molar-refractivity contribution in [1.82, 2.24) is 5.32 Å². The zero-order chi connectivity index (χ0) is 22.2. The Labute approximate surface area is 184 Å². The molecule has 168 valence electrons. The van der Waals surface area contributed by atoms with E-state index in [0.717, 1.165) is 53.8 Å². The number of aryl methyl sites for hydroxylation is 2. The molecule has 0 heterocycles. The van der Waals surface area contributed by atoms with Gasteiger partial charge in [-0.3, -0.25) is 14.4 Å². The summed E-state index contributed by atoms with van der Waals surface area (Å²) in [6, 6.07) is 5.76. The molecule has 0 aromatic heterocycles. The smallest absolute Gasteiger partial charge is 0.326 e. The first-order chi connectivity index (χ1) is 14.7. The van der Waals surface area contributed by atoms with Crippen LogP contribution in [0.5, 0.6) is 0 Å². The second-order valence-electron chi connectivity index (χ2n) is 10.3. The maximum absolute atomic E-state index is 12.6. The fourth-order valence-corrected chi connectivity index (χ4v) is 6.61. The van der Waals surface area contributed by atoms with E-state index in [-0.39, 0.29) is 23.8 Å². The second-order valence-corrected chi connectivity index (χ2v) is 10.3. The van der Waals surface area contributed by atoms with Gasteiger partial charge in [-0.2, -0.15) is 0 Å². The molecule has 0 unspecified atom stereocenters. The van der Waals surface area contributed by atoms with E-state index in [4.69, 9.17) is 4.74 Å². The maximum atomic E-state index is 12.6. The van der Waals surface area contributed by atoms with Crippen LogP contribution in [0.25, 0.3) is 0 Å². The van der Waals surface area contributed by atoms with Gasteiger partial charge < -0.3 is 15.4 Å². The third kappa shape index (κ3) is 4.94. The maximum Gasteiger partial charge on any atom is 0.326 e. The Kier molecular flexibility index (Phi) is 6.09. The molecule has 4 aliphatic carbocycles. The number of nitrogens with one attached hydrogen (secondary N) is 2. The lowest BCUT2D eigenvalue weighted by molar-refractivity contribution is -0.153. The van der Waals surface area contributed by atoms with E-state index in [2.05, 4.69) is 10.6 Å². The molecule has 31 heavy (non-hydrogen) atoms. The number of amides is 2. The van der Waals surface area contributed by atoms with Crippen molar-refractivity contribution in [3.05, 3.63) is 29.3 Å². The number of ether oxygens (including phenoxy) is 1. The molecular formula is C25H34N2O4. The Morgan fingerprint density at radius 3 is 2.13 bits per heavy atom. The summed E-state index contributed by atoms with van der Waals surface area (Å²) in [5.74, 6) is 1.32. The van der Waals surface area contributed by atoms with Crippen LogP contribution in [-0.4, -0.2) is 30.4 Å². The van der Waals surface area contributed by atoms with Gasteiger partial charge in [0, 0.05) is 12.1 Å². The molecule has 0 aliphatic heterocycles. The predicted octanol–water partition coefficient (Wildman–Crippen LogP) is 3.90. The van der Waals surface area contributed by atoms with Crippen molar-refractivity contribution in [2.24, 2.45) is 23.2 Å². The van der Waals surface area contributed by atoms with Gasteiger partial charge in [-0.15, -0.1) is 0 Å². The molecule has 4 aliphatic rings. The molecule has 4 saturated carbocycles. The van der Waals surface area contributed by atoms with Crippen molar-refractivity contribution in [3.8, 4) is 0 Å². The normalized spacial score (nSPS) is 29.3. The number of hydrogen-bond donors (Lipinski definition) is 2. The van der Waals surface area contributed by atoms with Crippen LogP contribution in [-0.2, 0) is 19.1 Å². The van der Waals surface area contributed by atoms with Gasteiger partial charge in [0.25, 0.3) is 5.91 Å². The van der Waals surface area contributed by atoms with Crippen LogP contribution in [0.4, 0.5) is 5.69 Å². The lowest BCUT2D eigenvalue weighted by atomic mass is 9.49. The Balaban J connectivity index is 1.22. The number of anilines is 1. The molecule has 1 aromatic carbocycles. The molecule has 5 rings (SSSR count). The van der Waals surface area contributed by atoms with Crippen LogP contribution in [0.15, 0.2) is 18.2 Å². The minimum atomic E-state index is -0.938. The largest absolute Gasteiger partial charge is 0.451 e. The number of benzene rings is 1. The molecule has 6 heteroatoms. The van der Waals surface area contributed by atoms with E-state index >= 15 is 0 Å². The lowest BCUT2D eigenvalue weighted by Crippen LogP contribution is -2.48. The van der Waals surface area contributed by atoms with Crippen LogP contribution >= 0.6 is 0 Å². The van der Waals surface area contributed by atoms with Gasteiger partial charge in [-0.1, -0.05) is 18.2 Å². The first-order valence-corrected chi connectivity index (χ1v) is 11.6. The summed E-state index contributed by atoms with van der Waals surface area (Å²) in [6.07, 6.45) is 7.07. The number of rotatable bonds is 7. The minimum absolute atomic E-state index is 0.0773. The highest BCUT2D eigenvalue weighted by Crippen LogP contribution is 2.61. The SMILES string of the molecule is Cc1cccc(C)c1NC(=O)[C@@H](C)OC(=O)CNC(=O)CC12CC3CC(CC(C3)C1)C2. The van der Waals surface area contributed by atoms with Gasteiger partial charge in [0.05, 0.1) is 0 Å². The molecule has 2 amide bonds. The Bertz CT molecular complexity index is 823. The molecular weight excluding hydrogens is 392 g/mol. The molecule has 1 aromatic rings. The van der Waals surface area contributed by atoms with Crippen molar-refractivity contribution in [2.75, 3.05) is 11.9 Å². The number of carbonyl (C=O) groups excluding carboxylic acids is 3. The van der Waals surface area contributed by atoms with Crippen molar-refractivity contribution < 1.29 is 19.1 Å². The Hall–Kier alpha value is -2.37. The van der Waals surface area contributed by atoms with E-state index in [1.807, 2.05) is 32.0 Å². The molecule has 0 saturated heterocycles. The standard InChI is InChI=1S/C25H34N2O4/c1-15-5-4-6-16(2)23(15)27-24(30)17(3)31-22(29)14-26-21(28)13-25-10-18-7-19(11-25)9-20(8-18)12-25/h4-6,17-20H,7-14H2,1-3H3,(H,26,28)(H,27,30)/t17-,18?,19?,20?,25?/m1/s1. The van der Waals surface area contributed by atoms with Crippen molar-refractivity contribution in [3.63, 3.8) is 0 Å². The van der Waals surface area contributed by atoms with Crippen molar-refractivity contribution in [1.29, 1.82) is 0 Å². The predicted molar refractivity (Wildman–Crippen MR) is 118 cm³/mol. The summed E-state index contributed by atoms with van der Waals surface area (Å²) in [5.41, 5.74) is 2.77. The van der Waals surface area contributed by atoms with Crippen LogP contribution in [0.1, 0.15) is 63.0 Å². The van der Waals surface area contributed by atoms with E-state index < -0.39 is 12.1 Å². The highest BCUT2D eigenvalue weighted by molar-refractivity contribution is 5.96. The van der Waals surface area contributed by atoms with Crippen LogP contribution in [0.3, 0.4) is 0 Å². The third-order valence-electron chi connectivity index (χ3n) is 7.54. The van der Waals surface area contributed by atoms with E-state index in [1.165, 1.54) is 26.2 Å². The summed E-state index contributed by atoms with van der Waals surface area (Å²) in [5, 5.41) is 5.55.